The molecule has 0 bridgehead atoms. The van der Waals surface area contributed by atoms with E-state index in [1.54, 1.807) is 6.07 Å². The molecule has 0 aliphatic heterocycles. The molecule has 1 aromatic heterocycles. The molecule has 0 N–H and O–H groups in total. The fourth-order valence-corrected chi connectivity index (χ4v) is 0.671. The molecule has 3 heteroatoms. The number of hydrogen-bond acceptors (Lipinski definition) is 3. The molecule has 1 heterocycles. The van der Waals surface area contributed by atoms with Gasteiger partial charge in [-0.2, -0.15) is 18.2 Å². The minimum Gasteiger partial charge on any atom is -0.259 e. The van der Waals surface area contributed by atoms with Crippen molar-refractivity contribution in [3.63, 3.8) is 0 Å². The van der Waals surface area contributed by atoms with Gasteiger partial charge in [-0.1, -0.05) is 5.16 Å². The van der Waals surface area contributed by atoms with E-state index in [-0.39, 0.29) is 0 Å². The van der Waals surface area contributed by atoms with Gasteiger partial charge in [0.25, 0.3) is 0 Å². The van der Waals surface area contributed by atoms with Crippen molar-refractivity contribution in [3.8, 4) is 0 Å². The van der Waals surface area contributed by atoms with Gasteiger partial charge in [-0.05, 0) is 0 Å². The summed E-state index contributed by atoms with van der Waals surface area (Å²) in [5.74, 6) is 0. The van der Waals surface area contributed by atoms with Crippen molar-refractivity contribution in [2.24, 2.45) is 0 Å². The molecule has 0 atom stereocenters. The van der Waals surface area contributed by atoms with Crippen molar-refractivity contribution in [2.75, 3.05) is 0 Å². The lowest BCUT2D eigenvalue weighted by Crippen LogP contribution is -1.64. The minimum atomic E-state index is 0.678. The Morgan fingerprint density at radius 1 is 1.44 bits per heavy atom. The molecule has 0 unspecified atom stereocenters. The van der Waals surface area contributed by atoms with E-state index in [0.717, 1.165) is 5.52 Å². The number of fused-ring (bicyclic) bond motifs is 1. The molecule has 1 aromatic carbocycles. The second-order valence-corrected chi connectivity index (χ2v) is 1.67. The van der Waals surface area contributed by atoms with Crippen LogP contribution in [-0.4, -0.2) is 10.3 Å². The van der Waals surface area contributed by atoms with Crippen LogP contribution in [0.2, 0.25) is 0 Å². The Kier molecular flexibility index (Phi) is 0.773. The lowest BCUT2D eigenvalue weighted by molar-refractivity contribution is 0.315. The highest BCUT2D eigenvalue weighted by Gasteiger charge is 1.83. The maximum atomic E-state index is 4.43. The summed E-state index contributed by atoms with van der Waals surface area (Å²) in [6.07, 6.45) is 0. The number of hydrogen-bond donors (Lipinski definition) is 0. The van der Waals surface area contributed by atoms with Gasteiger partial charge in [-0.15, -0.1) is 11.2 Å². The average Bonchev–Trinajstić information content (AvgIpc) is 2.33. The zero-order valence-corrected chi connectivity index (χ0v) is 4.53. The second-order valence-electron chi connectivity index (χ2n) is 1.67. The smallest absolute Gasteiger partial charge is 0.0232 e. The molecule has 0 radical (unpaired) electrons. The Morgan fingerprint density at radius 3 is 3.33 bits per heavy atom. The lowest BCUT2D eigenvalue weighted by atomic mass is 10.3. The molecule has 0 aliphatic rings. The van der Waals surface area contributed by atoms with E-state index >= 15 is 0 Å². The van der Waals surface area contributed by atoms with E-state index < -0.39 is 0 Å². The summed E-state index contributed by atoms with van der Waals surface area (Å²) < 4.78 is 4.43. The number of aromatic nitrogens is 2. The number of rotatable bonds is 0. The number of benzene rings is 1. The highest BCUT2D eigenvalue weighted by Crippen LogP contribution is 2.04. The molecule has 2 aromatic rings. The molecule has 9 heavy (non-hydrogen) atoms. The van der Waals surface area contributed by atoms with Gasteiger partial charge in [0.2, 0.25) is 0 Å². The fraction of sp³-hybridized carbons (Fsp3) is 0. The first-order valence-electron chi connectivity index (χ1n) is 2.56. The van der Waals surface area contributed by atoms with Crippen LogP contribution in [0.3, 0.4) is 0 Å². The first kappa shape index (κ1) is 4.49. The van der Waals surface area contributed by atoms with Crippen LogP contribution in [0.15, 0.2) is 22.8 Å². The van der Waals surface area contributed by atoms with Crippen LogP contribution in [0.5, 0.6) is 0 Å². The quantitative estimate of drug-likeness (QED) is 0.486. The molecule has 44 valence electrons. The first-order chi connectivity index (χ1) is 4.47. The SMILES string of the molecule is [c-]1cccc2nonc12. The third-order valence-corrected chi connectivity index (χ3v) is 1.08. The highest BCUT2D eigenvalue weighted by molar-refractivity contribution is 5.71. The molecule has 0 saturated heterocycles. The van der Waals surface area contributed by atoms with Gasteiger partial charge >= 0.3 is 0 Å². The third kappa shape index (κ3) is 0.579. The summed E-state index contributed by atoms with van der Waals surface area (Å²) in [6, 6.07) is 8.30. The maximum Gasteiger partial charge on any atom is 0.0232 e. The van der Waals surface area contributed by atoms with E-state index in [4.69, 9.17) is 0 Å². The highest BCUT2D eigenvalue weighted by atomic mass is 16.6. The molecule has 0 amide bonds. The zero-order valence-electron chi connectivity index (χ0n) is 4.53. The standard InChI is InChI=1S/C6H3N2O/c1-2-4-6-5(3-1)7-9-8-6/h1-3H/q-1. The van der Waals surface area contributed by atoms with Gasteiger partial charge in [-0.25, -0.2) is 0 Å². The molecule has 0 saturated carbocycles. The number of nitrogens with zero attached hydrogens (tertiary/aromatic N) is 2. The fourth-order valence-electron chi connectivity index (χ4n) is 0.671. The predicted octanol–water partition coefficient (Wildman–Crippen LogP) is 1.02. The Morgan fingerprint density at radius 2 is 2.44 bits per heavy atom. The van der Waals surface area contributed by atoms with Crippen LogP contribution in [-0.2, 0) is 0 Å². The summed E-state index contributed by atoms with van der Waals surface area (Å²) in [5, 5.41) is 7.18. The van der Waals surface area contributed by atoms with Crippen molar-refractivity contribution in [3.05, 3.63) is 24.3 Å². The van der Waals surface area contributed by atoms with E-state index in [1.807, 2.05) is 12.1 Å². The summed E-state index contributed by atoms with van der Waals surface area (Å²) >= 11 is 0. The maximum absolute atomic E-state index is 4.43. The van der Waals surface area contributed by atoms with Crippen LogP contribution >= 0.6 is 0 Å². The van der Waals surface area contributed by atoms with Gasteiger partial charge in [0, 0.05) is 11.0 Å². The molecule has 0 aliphatic carbocycles. The lowest BCUT2D eigenvalue weighted by Gasteiger charge is -1.86. The van der Waals surface area contributed by atoms with Crippen LogP contribution in [0, 0.1) is 6.07 Å². The normalized spacial score (nSPS) is 10.2. The molecular formula is C6H3N2O-. The minimum absolute atomic E-state index is 0.678. The molecule has 2 rings (SSSR count). The average molecular weight is 119 g/mol. The van der Waals surface area contributed by atoms with Crippen molar-refractivity contribution in [2.45, 2.75) is 0 Å². The Labute approximate surface area is 51.2 Å². The van der Waals surface area contributed by atoms with E-state index in [2.05, 4.69) is 21.0 Å². The van der Waals surface area contributed by atoms with Crippen molar-refractivity contribution in [1.29, 1.82) is 0 Å². The zero-order chi connectivity index (χ0) is 6.10. The van der Waals surface area contributed by atoms with E-state index in [1.165, 1.54) is 0 Å². The Bertz CT molecular complexity index is 285. The summed E-state index contributed by atoms with van der Waals surface area (Å²) in [5.41, 5.74) is 1.43. The predicted molar refractivity (Wildman–Crippen MR) is 30.6 cm³/mol. The summed E-state index contributed by atoms with van der Waals surface area (Å²) in [4.78, 5) is 0. The van der Waals surface area contributed by atoms with Crippen molar-refractivity contribution in [1.82, 2.24) is 10.3 Å². The van der Waals surface area contributed by atoms with Crippen LogP contribution in [0.25, 0.3) is 11.0 Å². The topological polar surface area (TPSA) is 38.9 Å². The Hall–Kier alpha value is -1.38. The first-order valence-corrected chi connectivity index (χ1v) is 2.56. The van der Waals surface area contributed by atoms with Crippen molar-refractivity contribution >= 4 is 11.0 Å². The molecular weight excluding hydrogens is 116 g/mol. The molecule has 0 fully saturated rings. The van der Waals surface area contributed by atoms with Gasteiger partial charge in [0.15, 0.2) is 0 Å². The van der Waals surface area contributed by atoms with Gasteiger partial charge in [0.05, 0.1) is 0 Å². The second kappa shape index (κ2) is 1.55. The van der Waals surface area contributed by atoms with Crippen LogP contribution in [0.4, 0.5) is 0 Å². The summed E-state index contributed by atoms with van der Waals surface area (Å²) in [7, 11) is 0. The van der Waals surface area contributed by atoms with Gasteiger partial charge in [-0.3, -0.25) is 4.63 Å². The van der Waals surface area contributed by atoms with Crippen molar-refractivity contribution < 1.29 is 4.63 Å². The van der Waals surface area contributed by atoms with Crippen LogP contribution in [0.1, 0.15) is 0 Å². The summed E-state index contributed by atoms with van der Waals surface area (Å²) in [6.45, 7) is 0. The van der Waals surface area contributed by atoms with Crippen LogP contribution < -0.4 is 0 Å². The monoisotopic (exact) mass is 119 g/mol. The molecule has 0 spiro atoms. The Balaban J connectivity index is 2.95. The largest absolute Gasteiger partial charge is 0.259 e. The third-order valence-electron chi connectivity index (χ3n) is 1.08. The van der Waals surface area contributed by atoms with E-state index in [9.17, 15) is 0 Å². The van der Waals surface area contributed by atoms with Gasteiger partial charge in [0.1, 0.15) is 0 Å². The van der Waals surface area contributed by atoms with E-state index in [0.29, 0.717) is 5.52 Å². The van der Waals surface area contributed by atoms with Gasteiger partial charge < -0.3 is 0 Å². The molecule has 3 nitrogen and oxygen atoms in total.